The predicted molar refractivity (Wildman–Crippen MR) is 110 cm³/mol. The first-order valence-electron chi connectivity index (χ1n) is 9.29. The van der Waals surface area contributed by atoms with Crippen molar-refractivity contribution >= 4 is 28.7 Å². The molecule has 5 nitrogen and oxygen atoms in total. The summed E-state index contributed by atoms with van der Waals surface area (Å²) >= 11 is 1.46. The molecule has 1 heterocycles. The van der Waals surface area contributed by atoms with E-state index in [0.29, 0.717) is 19.7 Å². The van der Waals surface area contributed by atoms with Crippen molar-refractivity contribution in [1.29, 1.82) is 0 Å². The number of benzene rings is 2. The molecule has 0 spiro atoms. The zero-order valence-corrected chi connectivity index (χ0v) is 16.8. The van der Waals surface area contributed by atoms with E-state index in [1.807, 2.05) is 74.2 Å². The van der Waals surface area contributed by atoms with Gasteiger partial charge in [0.1, 0.15) is 11.0 Å². The Labute approximate surface area is 164 Å². The summed E-state index contributed by atoms with van der Waals surface area (Å²) in [5, 5.41) is 0.394. The van der Waals surface area contributed by atoms with Crippen LogP contribution in [0.1, 0.15) is 31.6 Å². The molecule has 0 fully saturated rings. The lowest BCUT2D eigenvalue weighted by Gasteiger charge is -2.24. The average Bonchev–Trinajstić information content (AvgIpc) is 3.10. The van der Waals surface area contributed by atoms with Gasteiger partial charge in [-0.2, -0.15) is 0 Å². The second-order valence-corrected chi connectivity index (χ2v) is 7.17. The van der Waals surface area contributed by atoms with E-state index in [9.17, 15) is 4.79 Å². The van der Waals surface area contributed by atoms with E-state index in [1.165, 1.54) is 11.8 Å². The molecule has 1 aromatic heterocycles. The fourth-order valence-corrected chi connectivity index (χ4v) is 4.07. The Kier molecular flexibility index (Phi) is 6.40. The summed E-state index contributed by atoms with van der Waals surface area (Å²) in [4.78, 5) is 22.9. The number of carbonyl (C=O) groups excluding carboxylic acids is 1. The molecule has 6 heteroatoms. The van der Waals surface area contributed by atoms with Gasteiger partial charge in [-0.05, 0) is 38.5 Å². The summed E-state index contributed by atoms with van der Waals surface area (Å²) in [6, 6.07) is 15.7. The minimum absolute atomic E-state index is 0.103. The van der Waals surface area contributed by atoms with E-state index >= 15 is 0 Å². The second kappa shape index (κ2) is 8.95. The number of aromatic amines is 1. The maximum atomic E-state index is 13.1. The van der Waals surface area contributed by atoms with E-state index in [4.69, 9.17) is 4.74 Å². The summed E-state index contributed by atoms with van der Waals surface area (Å²) < 4.78 is 5.56. The smallest absolute Gasteiger partial charge is 0.240 e. The van der Waals surface area contributed by atoms with Crippen molar-refractivity contribution in [3.63, 3.8) is 0 Å². The standard InChI is InChI=1S/C21H25N3O2S/c1-4-24(5-2)20(25)19(15-10-8-7-9-11-15)27-21-22-17-13-12-16(26-6-3)14-18(17)23-21/h7-14,19H,4-6H2,1-3H3,(H,22,23). The van der Waals surface area contributed by atoms with Gasteiger partial charge in [-0.3, -0.25) is 4.79 Å². The number of H-pyrrole nitrogens is 1. The number of thioether (sulfide) groups is 1. The van der Waals surface area contributed by atoms with Crippen LogP contribution in [0.2, 0.25) is 0 Å². The van der Waals surface area contributed by atoms with Crippen LogP contribution in [0.25, 0.3) is 11.0 Å². The van der Waals surface area contributed by atoms with E-state index < -0.39 is 0 Å². The molecule has 0 saturated carbocycles. The van der Waals surface area contributed by atoms with Crippen LogP contribution in [0.4, 0.5) is 0 Å². The first-order chi connectivity index (χ1) is 13.2. The maximum Gasteiger partial charge on any atom is 0.240 e. The molecule has 0 saturated heterocycles. The first-order valence-corrected chi connectivity index (χ1v) is 10.2. The van der Waals surface area contributed by atoms with Gasteiger partial charge in [-0.15, -0.1) is 0 Å². The largest absolute Gasteiger partial charge is 0.494 e. The molecule has 0 bridgehead atoms. The van der Waals surface area contributed by atoms with Crippen LogP contribution in [0.15, 0.2) is 53.7 Å². The molecular formula is C21H25N3O2S. The molecule has 2 aromatic carbocycles. The normalized spacial score (nSPS) is 12.1. The first kappa shape index (κ1) is 19.3. The Morgan fingerprint density at radius 3 is 2.56 bits per heavy atom. The Bertz CT molecular complexity index is 891. The summed E-state index contributed by atoms with van der Waals surface area (Å²) in [5.74, 6) is 0.913. The highest BCUT2D eigenvalue weighted by Gasteiger charge is 2.26. The third-order valence-electron chi connectivity index (χ3n) is 4.37. The molecule has 1 amide bonds. The fraction of sp³-hybridized carbons (Fsp3) is 0.333. The molecule has 1 unspecified atom stereocenters. The van der Waals surface area contributed by atoms with Gasteiger partial charge in [-0.25, -0.2) is 4.98 Å². The number of imidazole rings is 1. The van der Waals surface area contributed by atoms with Crippen LogP contribution < -0.4 is 4.74 Å². The van der Waals surface area contributed by atoms with Gasteiger partial charge >= 0.3 is 0 Å². The van der Waals surface area contributed by atoms with Crippen LogP contribution in [-0.2, 0) is 4.79 Å². The third kappa shape index (κ3) is 4.45. The summed E-state index contributed by atoms with van der Waals surface area (Å²) in [6.45, 7) is 7.97. The molecule has 0 aliphatic heterocycles. The van der Waals surface area contributed by atoms with Gasteiger partial charge < -0.3 is 14.6 Å². The number of fused-ring (bicyclic) bond motifs is 1. The Morgan fingerprint density at radius 2 is 1.89 bits per heavy atom. The van der Waals surface area contributed by atoms with Gasteiger partial charge in [-0.1, -0.05) is 42.1 Å². The number of nitrogens with one attached hydrogen (secondary N) is 1. The van der Waals surface area contributed by atoms with Gasteiger partial charge in [0.05, 0.1) is 17.6 Å². The second-order valence-electron chi connectivity index (χ2n) is 6.07. The van der Waals surface area contributed by atoms with Crippen molar-refractivity contribution in [1.82, 2.24) is 14.9 Å². The topological polar surface area (TPSA) is 58.2 Å². The van der Waals surface area contributed by atoms with Crippen molar-refractivity contribution in [2.45, 2.75) is 31.2 Å². The Hall–Kier alpha value is -2.47. The molecule has 27 heavy (non-hydrogen) atoms. The van der Waals surface area contributed by atoms with Crippen LogP contribution in [0, 0.1) is 0 Å². The number of hydrogen-bond donors (Lipinski definition) is 1. The van der Waals surface area contributed by atoms with Crippen LogP contribution in [0.3, 0.4) is 0 Å². The summed E-state index contributed by atoms with van der Waals surface area (Å²) in [6.07, 6.45) is 0. The van der Waals surface area contributed by atoms with Crippen molar-refractivity contribution in [3.05, 3.63) is 54.1 Å². The zero-order chi connectivity index (χ0) is 19.2. The zero-order valence-electron chi connectivity index (χ0n) is 15.9. The Morgan fingerprint density at radius 1 is 1.15 bits per heavy atom. The van der Waals surface area contributed by atoms with E-state index in [1.54, 1.807) is 0 Å². The average molecular weight is 384 g/mol. The molecule has 0 aliphatic carbocycles. The van der Waals surface area contributed by atoms with Gasteiger partial charge in [0, 0.05) is 19.2 Å². The van der Waals surface area contributed by atoms with Gasteiger partial charge in [0.2, 0.25) is 5.91 Å². The van der Waals surface area contributed by atoms with Crippen LogP contribution >= 0.6 is 11.8 Å². The molecule has 142 valence electrons. The number of hydrogen-bond acceptors (Lipinski definition) is 4. The molecule has 1 N–H and O–H groups in total. The quantitative estimate of drug-likeness (QED) is 0.575. The number of aromatic nitrogens is 2. The minimum atomic E-state index is -0.335. The highest BCUT2D eigenvalue weighted by Crippen LogP contribution is 2.36. The fourth-order valence-electron chi connectivity index (χ4n) is 2.98. The lowest BCUT2D eigenvalue weighted by molar-refractivity contribution is -0.130. The summed E-state index contributed by atoms with van der Waals surface area (Å²) in [5.41, 5.74) is 2.75. The molecular weight excluding hydrogens is 358 g/mol. The highest BCUT2D eigenvalue weighted by molar-refractivity contribution is 8.00. The van der Waals surface area contributed by atoms with Crippen LogP contribution in [0.5, 0.6) is 5.75 Å². The number of rotatable bonds is 8. The highest BCUT2D eigenvalue weighted by atomic mass is 32.2. The molecule has 0 radical (unpaired) electrons. The third-order valence-corrected chi connectivity index (χ3v) is 5.50. The molecule has 1 atom stereocenters. The SMILES string of the molecule is CCOc1ccc2nc(SC(C(=O)N(CC)CC)c3ccccc3)[nH]c2c1. The number of nitrogens with zero attached hydrogens (tertiary/aromatic N) is 2. The minimum Gasteiger partial charge on any atom is -0.494 e. The molecule has 3 rings (SSSR count). The lowest BCUT2D eigenvalue weighted by Crippen LogP contribution is -2.33. The molecule has 0 aliphatic rings. The number of likely N-dealkylation sites (N-methyl/N-ethyl adjacent to an activating group) is 1. The van der Waals surface area contributed by atoms with Gasteiger partial charge in [0.15, 0.2) is 5.16 Å². The van der Waals surface area contributed by atoms with E-state index in [2.05, 4.69) is 9.97 Å². The van der Waals surface area contributed by atoms with Crippen molar-refractivity contribution in [3.8, 4) is 5.75 Å². The number of amides is 1. The molecule has 3 aromatic rings. The van der Waals surface area contributed by atoms with Gasteiger partial charge in [0.25, 0.3) is 0 Å². The monoisotopic (exact) mass is 383 g/mol. The lowest BCUT2D eigenvalue weighted by atomic mass is 10.1. The van der Waals surface area contributed by atoms with E-state index in [-0.39, 0.29) is 11.2 Å². The predicted octanol–water partition coefficient (Wildman–Crippen LogP) is 4.66. The van der Waals surface area contributed by atoms with Crippen molar-refractivity contribution in [2.75, 3.05) is 19.7 Å². The van der Waals surface area contributed by atoms with Crippen molar-refractivity contribution in [2.24, 2.45) is 0 Å². The van der Waals surface area contributed by atoms with E-state index in [0.717, 1.165) is 27.5 Å². The summed E-state index contributed by atoms with van der Waals surface area (Å²) in [7, 11) is 0. The van der Waals surface area contributed by atoms with Crippen LogP contribution in [-0.4, -0.2) is 40.5 Å². The van der Waals surface area contributed by atoms with Crippen molar-refractivity contribution < 1.29 is 9.53 Å². The number of carbonyl (C=O) groups is 1. The number of ether oxygens (including phenoxy) is 1. The maximum absolute atomic E-state index is 13.1. The Balaban J connectivity index is 1.91.